The van der Waals surface area contributed by atoms with Gasteiger partial charge in [0.15, 0.2) is 0 Å². The van der Waals surface area contributed by atoms with Crippen molar-refractivity contribution in [2.24, 2.45) is 5.73 Å². The Labute approximate surface area is 86.1 Å². The molecule has 1 atom stereocenters. The SMILES string of the molecule is CC(N)Cc1cccc(C(F)(F)F)c1N. The van der Waals surface area contributed by atoms with E-state index in [0.29, 0.717) is 12.0 Å². The van der Waals surface area contributed by atoms with Gasteiger partial charge in [-0.05, 0) is 25.0 Å². The Morgan fingerprint density at radius 3 is 2.40 bits per heavy atom. The van der Waals surface area contributed by atoms with Crippen LogP contribution >= 0.6 is 0 Å². The number of hydrogen-bond donors (Lipinski definition) is 2. The predicted octanol–water partition coefficient (Wildman–Crippen LogP) is 2.18. The Balaban J connectivity index is 3.12. The van der Waals surface area contributed by atoms with Gasteiger partial charge in [-0.25, -0.2) is 0 Å². The van der Waals surface area contributed by atoms with Crippen molar-refractivity contribution >= 4 is 5.69 Å². The highest BCUT2D eigenvalue weighted by Crippen LogP contribution is 2.35. The Morgan fingerprint density at radius 1 is 1.33 bits per heavy atom. The Morgan fingerprint density at radius 2 is 1.93 bits per heavy atom. The van der Waals surface area contributed by atoms with Gasteiger partial charge in [0.1, 0.15) is 0 Å². The van der Waals surface area contributed by atoms with Crippen molar-refractivity contribution in [3.05, 3.63) is 29.3 Å². The molecular formula is C10H13F3N2. The van der Waals surface area contributed by atoms with Crippen molar-refractivity contribution in [3.8, 4) is 0 Å². The van der Waals surface area contributed by atoms with Crippen molar-refractivity contribution in [1.82, 2.24) is 0 Å². The molecule has 84 valence electrons. The van der Waals surface area contributed by atoms with Crippen molar-refractivity contribution in [2.45, 2.75) is 25.6 Å². The molecule has 0 aromatic heterocycles. The molecule has 1 aromatic carbocycles. The summed E-state index contributed by atoms with van der Waals surface area (Å²) >= 11 is 0. The lowest BCUT2D eigenvalue weighted by atomic mass is 10.0. The maximum atomic E-state index is 12.5. The van der Waals surface area contributed by atoms with Crippen LogP contribution in [0.1, 0.15) is 18.1 Å². The van der Waals surface area contributed by atoms with Gasteiger partial charge in [-0.2, -0.15) is 13.2 Å². The maximum Gasteiger partial charge on any atom is 0.418 e. The van der Waals surface area contributed by atoms with Crippen LogP contribution in [-0.2, 0) is 12.6 Å². The number of benzene rings is 1. The van der Waals surface area contributed by atoms with Gasteiger partial charge in [0.25, 0.3) is 0 Å². The standard InChI is InChI=1S/C10H13F3N2/c1-6(14)5-7-3-2-4-8(9(7)15)10(11,12)13/h2-4,6H,5,14-15H2,1H3. The van der Waals surface area contributed by atoms with E-state index in [-0.39, 0.29) is 11.7 Å². The summed E-state index contributed by atoms with van der Waals surface area (Å²) in [7, 11) is 0. The highest BCUT2D eigenvalue weighted by Gasteiger charge is 2.33. The first-order chi connectivity index (χ1) is 6.82. The molecule has 0 saturated heterocycles. The number of nitrogens with two attached hydrogens (primary N) is 2. The molecule has 1 rings (SSSR count). The second-order valence-electron chi connectivity index (χ2n) is 3.56. The molecular weight excluding hydrogens is 205 g/mol. The molecule has 0 aliphatic carbocycles. The van der Waals surface area contributed by atoms with Crippen LogP contribution in [0.4, 0.5) is 18.9 Å². The molecule has 0 fully saturated rings. The average molecular weight is 218 g/mol. The summed E-state index contributed by atoms with van der Waals surface area (Å²) in [5.41, 5.74) is 10.4. The van der Waals surface area contributed by atoms with Gasteiger partial charge in [0, 0.05) is 11.7 Å². The third kappa shape index (κ3) is 2.86. The minimum absolute atomic E-state index is 0.212. The smallest absolute Gasteiger partial charge is 0.398 e. The van der Waals surface area contributed by atoms with Crippen LogP contribution < -0.4 is 11.5 Å². The monoisotopic (exact) mass is 218 g/mol. The fraction of sp³-hybridized carbons (Fsp3) is 0.400. The van der Waals surface area contributed by atoms with Crippen molar-refractivity contribution in [3.63, 3.8) is 0 Å². The molecule has 15 heavy (non-hydrogen) atoms. The van der Waals surface area contributed by atoms with Gasteiger partial charge in [0.05, 0.1) is 5.56 Å². The zero-order chi connectivity index (χ0) is 11.6. The van der Waals surface area contributed by atoms with Crippen molar-refractivity contribution < 1.29 is 13.2 Å². The first kappa shape index (κ1) is 11.8. The molecule has 0 spiro atoms. The topological polar surface area (TPSA) is 52.0 Å². The van der Waals surface area contributed by atoms with E-state index in [1.54, 1.807) is 13.0 Å². The molecule has 0 aliphatic heterocycles. The second kappa shape index (κ2) is 4.10. The number of anilines is 1. The van der Waals surface area contributed by atoms with Gasteiger partial charge in [-0.1, -0.05) is 12.1 Å². The van der Waals surface area contributed by atoms with Gasteiger partial charge in [-0.15, -0.1) is 0 Å². The minimum Gasteiger partial charge on any atom is -0.398 e. The lowest BCUT2D eigenvalue weighted by molar-refractivity contribution is -0.136. The molecule has 0 radical (unpaired) electrons. The quantitative estimate of drug-likeness (QED) is 0.747. The molecule has 2 nitrogen and oxygen atoms in total. The molecule has 5 heteroatoms. The number of halogens is 3. The summed E-state index contributed by atoms with van der Waals surface area (Å²) in [6.45, 7) is 1.72. The molecule has 0 amide bonds. The molecule has 1 aromatic rings. The van der Waals surface area contributed by atoms with Crippen molar-refractivity contribution in [1.29, 1.82) is 0 Å². The van der Waals surface area contributed by atoms with Gasteiger partial charge in [-0.3, -0.25) is 0 Å². The number of rotatable bonds is 2. The number of para-hydroxylation sites is 1. The fourth-order valence-corrected chi connectivity index (χ4v) is 1.39. The minimum atomic E-state index is -4.40. The predicted molar refractivity (Wildman–Crippen MR) is 53.2 cm³/mol. The average Bonchev–Trinajstić information content (AvgIpc) is 2.05. The lowest BCUT2D eigenvalue weighted by Crippen LogP contribution is -2.20. The number of alkyl halides is 3. The van der Waals surface area contributed by atoms with E-state index in [4.69, 9.17) is 11.5 Å². The van der Waals surface area contributed by atoms with E-state index in [1.165, 1.54) is 6.07 Å². The summed E-state index contributed by atoms with van der Waals surface area (Å²) in [5, 5.41) is 0. The highest BCUT2D eigenvalue weighted by molar-refractivity contribution is 5.55. The van der Waals surface area contributed by atoms with Crippen LogP contribution in [-0.4, -0.2) is 6.04 Å². The molecule has 0 heterocycles. The third-order valence-corrected chi connectivity index (χ3v) is 2.04. The normalized spacial score (nSPS) is 13.9. The Bertz CT molecular complexity index is 345. The van der Waals surface area contributed by atoms with Crippen LogP contribution in [0.15, 0.2) is 18.2 Å². The molecule has 0 aliphatic rings. The summed E-state index contributed by atoms with van der Waals surface area (Å²) in [6.07, 6.45) is -4.06. The largest absolute Gasteiger partial charge is 0.418 e. The Kier molecular flexibility index (Phi) is 3.24. The van der Waals surface area contributed by atoms with Gasteiger partial charge < -0.3 is 11.5 Å². The molecule has 4 N–H and O–H groups in total. The fourth-order valence-electron chi connectivity index (χ4n) is 1.39. The Hall–Kier alpha value is -1.23. The lowest BCUT2D eigenvalue weighted by Gasteiger charge is -2.14. The first-order valence-electron chi connectivity index (χ1n) is 4.52. The number of nitrogen functional groups attached to an aromatic ring is 1. The zero-order valence-electron chi connectivity index (χ0n) is 8.31. The van der Waals surface area contributed by atoms with E-state index in [0.717, 1.165) is 6.07 Å². The maximum absolute atomic E-state index is 12.5. The number of hydrogen-bond acceptors (Lipinski definition) is 2. The van der Waals surface area contributed by atoms with E-state index in [2.05, 4.69) is 0 Å². The first-order valence-corrected chi connectivity index (χ1v) is 4.52. The van der Waals surface area contributed by atoms with E-state index in [9.17, 15) is 13.2 Å². The van der Waals surface area contributed by atoms with Crippen LogP contribution in [0.25, 0.3) is 0 Å². The second-order valence-corrected chi connectivity index (χ2v) is 3.56. The van der Waals surface area contributed by atoms with Gasteiger partial charge >= 0.3 is 6.18 Å². The van der Waals surface area contributed by atoms with Gasteiger partial charge in [0.2, 0.25) is 0 Å². The third-order valence-electron chi connectivity index (χ3n) is 2.04. The molecule has 0 saturated carbocycles. The summed E-state index contributed by atoms with van der Waals surface area (Å²) in [6, 6.07) is 3.67. The summed E-state index contributed by atoms with van der Waals surface area (Å²) in [4.78, 5) is 0. The van der Waals surface area contributed by atoms with Crippen LogP contribution in [0.5, 0.6) is 0 Å². The summed E-state index contributed by atoms with van der Waals surface area (Å²) in [5.74, 6) is 0. The van der Waals surface area contributed by atoms with Crippen LogP contribution in [0, 0.1) is 0 Å². The summed E-state index contributed by atoms with van der Waals surface area (Å²) < 4.78 is 37.4. The zero-order valence-corrected chi connectivity index (χ0v) is 8.31. The highest BCUT2D eigenvalue weighted by atomic mass is 19.4. The van der Waals surface area contributed by atoms with Crippen LogP contribution in [0.2, 0.25) is 0 Å². The molecule has 1 unspecified atom stereocenters. The van der Waals surface area contributed by atoms with E-state index >= 15 is 0 Å². The molecule has 0 bridgehead atoms. The van der Waals surface area contributed by atoms with E-state index < -0.39 is 11.7 Å². The van der Waals surface area contributed by atoms with Crippen molar-refractivity contribution in [2.75, 3.05) is 5.73 Å². The van der Waals surface area contributed by atoms with Crippen LogP contribution in [0.3, 0.4) is 0 Å². The van der Waals surface area contributed by atoms with E-state index in [1.807, 2.05) is 0 Å².